The normalized spacial score (nSPS) is 52.1. The van der Waals surface area contributed by atoms with E-state index in [4.69, 9.17) is 4.74 Å². The molecular weight excluding hydrogens is 416 g/mol. The Labute approximate surface area is 164 Å². The van der Waals surface area contributed by atoms with E-state index >= 15 is 0 Å². The molecule has 5 rings (SSSR count). The lowest BCUT2D eigenvalue weighted by Gasteiger charge is -2.45. The lowest BCUT2D eigenvalue weighted by molar-refractivity contribution is -0.156. The lowest BCUT2D eigenvalue weighted by atomic mass is 9.59. The molecule has 0 heterocycles. The van der Waals surface area contributed by atoms with E-state index in [0.717, 1.165) is 0 Å². The highest BCUT2D eigenvalue weighted by Gasteiger charge is 2.85. The largest absolute Gasteiger partial charge is 0.469 e. The predicted octanol–water partition coefficient (Wildman–Crippen LogP) is 1.38. The molecule has 27 heavy (non-hydrogen) atoms. The Hall–Kier alpha value is -1.34. The maximum atomic E-state index is 13.0. The number of Topliss-reactive ketones (excluding diaryl/α,β-unsaturated/α-hetero) is 2. The van der Waals surface area contributed by atoms with E-state index in [9.17, 15) is 24.3 Å². The number of allylic oxidation sites excluding steroid dienone is 1. The van der Waals surface area contributed by atoms with Crippen LogP contribution >= 0.6 is 15.9 Å². The Kier molecular flexibility index (Phi) is 3.15. The fourth-order valence-corrected chi connectivity index (χ4v) is 8.29. The molecule has 7 atom stereocenters. The van der Waals surface area contributed by atoms with Crippen molar-refractivity contribution in [1.82, 2.24) is 0 Å². The third-order valence-corrected chi connectivity index (χ3v) is 9.65. The van der Waals surface area contributed by atoms with E-state index in [1.807, 2.05) is 0 Å². The molecule has 0 aromatic carbocycles. The van der Waals surface area contributed by atoms with Crippen molar-refractivity contribution in [2.24, 2.45) is 34.0 Å². The molecule has 0 aliphatic heterocycles. The first-order chi connectivity index (χ1) is 12.6. The first-order valence-corrected chi connectivity index (χ1v) is 10.5. The van der Waals surface area contributed by atoms with Crippen LogP contribution in [-0.4, -0.2) is 46.5 Å². The second kappa shape index (κ2) is 4.79. The summed E-state index contributed by atoms with van der Waals surface area (Å²) in [6.45, 7) is 1.54. The minimum absolute atomic E-state index is 0.100. The first-order valence-electron chi connectivity index (χ1n) is 9.34. The van der Waals surface area contributed by atoms with Gasteiger partial charge in [-0.3, -0.25) is 19.2 Å². The molecule has 4 bridgehead atoms. The molecule has 6 nitrogen and oxygen atoms in total. The number of esters is 1. The number of rotatable bonds is 2. The number of methoxy groups -OCH3 is 1. The van der Waals surface area contributed by atoms with Crippen molar-refractivity contribution in [3.63, 3.8) is 0 Å². The maximum Gasteiger partial charge on any atom is 0.309 e. The minimum atomic E-state index is -1.54. The van der Waals surface area contributed by atoms with Crippen molar-refractivity contribution in [2.45, 2.75) is 38.2 Å². The van der Waals surface area contributed by atoms with Crippen molar-refractivity contribution in [3.8, 4) is 0 Å². The van der Waals surface area contributed by atoms with Crippen LogP contribution in [0.1, 0.15) is 32.6 Å². The van der Waals surface area contributed by atoms with E-state index in [1.165, 1.54) is 13.2 Å². The van der Waals surface area contributed by atoms with Gasteiger partial charge in [0.25, 0.3) is 0 Å². The number of hydrogen-bond donors (Lipinski definition) is 1. The van der Waals surface area contributed by atoms with E-state index in [2.05, 4.69) is 15.9 Å². The van der Waals surface area contributed by atoms with Gasteiger partial charge in [0.05, 0.1) is 18.4 Å². The van der Waals surface area contributed by atoms with E-state index < -0.39 is 45.6 Å². The van der Waals surface area contributed by atoms with Crippen LogP contribution in [0.25, 0.3) is 0 Å². The lowest BCUT2D eigenvalue weighted by Crippen LogP contribution is -2.49. The maximum absolute atomic E-state index is 13.0. The van der Waals surface area contributed by atoms with Crippen molar-refractivity contribution in [1.29, 1.82) is 0 Å². The van der Waals surface area contributed by atoms with E-state index in [0.29, 0.717) is 24.6 Å². The SMILES string of the molecule is COC(=O)[C@H]1[C@@H]2[C@@]3(C)C(=O)C=C(C3=O)[C@@]2(O)[C@@H]2CC[C@@]3(CBr)C[C@]21CC3=O. The number of halogens is 1. The average molecular weight is 437 g/mol. The van der Waals surface area contributed by atoms with Crippen molar-refractivity contribution < 1.29 is 29.0 Å². The molecule has 4 saturated carbocycles. The van der Waals surface area contributed by atoms with Gasteiger partial charge in [-0.25, -0.2) is 0 Å². The molecule has 0 amide bonds. The van der Waals surface area contributed by atoms with Gasteiger partial charge in [-0.1, -0.05) is 15.9 Å². The minimum Gasteiger partial charge on any atom is -0.469 e. The Morgan fingerprint density at radius 1 is 1.37 bits per heavy atom. The summed E-state index contributed by atoms with van der Waals surface area (Å²) in [6, 6.07) is 0. The third-order valence-electron chi connectivity index (χ3n) is 8.58. The molecule has 0 unspecified atom stereocenters. The molecule has 144 valence electrons. The quantitative estimate of drug-likeness (QED) is 0.398. The molecule has 0 aromatic rings. The zero-order valence-corrected chi connectivity index (χ0v) is 16.8. The van der Waals surface area contributed by atoms with E-state index in [1.54, 1.807) is 6.92 Å². The van der Waals surface area contributed by atoms with Crippen LogP contribution < -0.4 is 0 Å². The van der Waals surface area contributed by atoms with Crippen LogP contribution in [0.15, 0.2) is 11.6 Å². The van der Waals surface area contributed by atoms with Gasteiger partial charge in [-0.2, -0.15) is 0 Å². The molecule has 0 saturated heterocycles. The van der Waals surface area contributed by atoms with Gasteiger partial charge in [-0.05, 0) is 43.6 Å². The van der Waals surface area contributed by atoms with Crippen molar-refractivity contribution >= 4 is 39.2 Å². The monoisotopic (exact) mass is 436 g/mol. The van der Waals surface area contributed by atoms with E-state index in [-0.39, 0.29) is 29.3 Å². The number of ether oxygens (including phenoxy) is 1. The van der Waals surface area contributed by atoms with Crippen LogP contribution in [0.4, 0.5) is 0 Å². The summed E-state index contributed by atoms with van der Waals surface area (Å²) in [5.74, 6) is -3.25. The summed E-state index contributed by atoms with van der Waals surface area (Å²) in [5, 5.41) is 12.4. The van der Waals surface area contributed by atoms with Gasteiger partial charge in [0.1, 0.15) is 11.4 Å². The summed E-state index contributed by atoms with van der Waals surface area (Å²) in [5.41, 5.74) is -4.15. The highest BCUT2D eigenvalue weighted by Crippen LogP contribution is 2.78. The summed E-state index contributed by atoms with van der Waals surface area (Å²) in [7, 11) is 1.28. The number of alkyl halides is 1. The highest BCUT2D eigenvalue weighted by atomic mass is 79.9. The van der Waals surface area contributed by atoms with Gasteiger partial charge in [0, 0.05) is 28.7 Å². The van der Waals surface area contributed by atoms with Crippen LogP contribution in [0.3, 0.4) is 0 Å². The van der Waals surface area contributed by atoms with Crippen LogP contribution in [0, 0.1) is 34.0 Å². The molecule has 5 aliphatic carbocycles. The zero-order valence-electron chi connectivity index (χ0n) is 15.2. The fourth-order valence-electron chi connectivity index (χ4n) is 7.50. The Morgan fingerprint density at radius 2 is 2.07 bits per heavy atom. The molecule has 0 aromatic heterocycles. The Bertz CT molecular complexity index is 878. The molecule has 0 radical (unpaired) electrons. The number of fused-ring (bicyclic) bond motifs is 7. The predicted molar refractivity (Wildman–Crippen MR) is 95.8 cm³/mol. The van der Waals surface area contributed by atoms with Gasteiger partial charge in [0.2, 0.25) is 0 Å². The number of aliphatic hydroxyl groups is 1. The highest BCUT2D eigenvalue weighted by molar-refractivity contribution is 9.09. The molecule has 5 aliphatic rings. The third kappa shape index (κ3) is 1.54. The standard InChI is InChI=1S/C20H21BrO6/c1-17-11(22)5-9(15(17)24)20(26)10-3-4-18(8-21)7-19(10,6-12(18)23)13(14(17)20)16(25)27-2/h5,10,13-14,26H,3-4,6-8H2,1-2H3/t10-,13-,14-,17-,18+,19-,20-/m1/s1. The van der Waals surface area contributed by atoms with Crippen LogP contribution in [0.5, 0.6) is 0 Å². The Balaban J connectivity index is 1.78. The summed E-state index contributed by atoms with van der Waals surface area (Å²) >= 11 is 3.48. The number of carbonyl (C=O) groups is 4. The second-order valence-electron chi connectivity index (χ2n) is 9.27. The molecule has 1 N–H and O–H groups in total. The molecular formula is C20H21BrO6. The van der Waals surface area contributed by atoms with Crippen molar-refractivity contribution in [3.05, 3.63) is 11.6 Å². The molecule has 1 spiro atoms. The summed E-state index contributed by atoms with van der Waals surface area (Å²) in [4.78, 5) is 51.6. The van der Waals surface area contributed by atoms with Crippen LogP contribution in [-0.2, 0) is 23.9 Å². The van der Waals surface area contributed by atoms with Gasteiger partial charge >= 0.3 is 5.97 Å². The smallest absolute Gasteiger partial charge is 0.309 e. The fraction of sp³-hybridized carbons (Fsp3) is 0.700. The van der Waals surface area contributed by atoms with Crippen LogP contribution in [0.2, 0.25) is 0 Å². The summed E-state index contributed by atoms with van der Waals surface area (Å²) < 4.78 is 5.09. The second-order valence-corrected chi connectivity index (χ2v) is 9.83. The number of carbonyl (C=O) groups excluding carboxylic acids is 4. The Morgan fingerprint density at radius 3 is 2.70 bits per heavy atom. The van der Waals surface area contributed by atoms with Gasteiger partial charge < -0.3 is 9.84 Å². The van der Waals surface area contributed by atoms with Gasteiger partial charge in [-0.15, -0.1) is 0 Å². The summed E-state index contributed by atoms with van der Waals surface area (Å²) in [6.07, 6.45) is 3.10. The topological polar surface area (TPSA) is 97.7 Å². The average Bonchev–Trinajstić information content (AvgIpc) is 3.17. The number of ketones is 3. The zero-order chi connectivity index (χ0) is 19.6. The van der Waals surface area contributed by atoms with Gasteiger partial charge in [0.15, 0.2) is 11.6 Å². The first kappa shape index (κ1) is 17.7. The molecule has 4 fully saturated rings. The number of hydrogen-bond acceptors (Lipinski definition) is 6. The van der Waals surface area contributed by atoms with Crippen molar-refractivity contribution in [2.75, 3.05) is 12.4 Å². The molecule has 7 heteroatoms.